The fourth-order valence-electron chi connectivity index (χ4n) is 6.17. The molecular formula is C31H37ClN6O. The predicted molar refractivity (Wildman–Crippen MR) is 160 cm³/mol. The molecule has 1 aliphatic heterocycles. The molecule has 4 N–H and O–H groups in total. The summed E-state index contributed by atoms with van der Waals surface area (Å²) in [6.07, 6.45) is 13.6. The number of aliphatic hydroxyl groups excluding tert-OH is 1. The Morgan fingerprint density at radius 3 is 2.18 bits per heavy atom. The molecule has 7 rings (SSSR count). The first kappa shape index (κ1) is 27.2. The largest absolute Gasteiger partial charge is 0.400 e. The first-order valence-corrected chi connectivity index (χ1v) is 13.7. The summed E-state index contributed by atoms with van der Waals surface area (Å²) >= 11 is 0. The molecule has 1 atom stereocenters. The van der Waals surface area contributed by atoms with Crippen LogP contribution in [0, 0.1) is 0 Å². The van der Waals surface area contributed by atoms with Crippen LogP contribution in [0.1, 0.15) is 62.1 Å². The van der Waals surface area contributed by atoms with Gasteiger partial charge in [-0.3, -0.25) is 0 Å². The third-order valence-corrected chi connectivity index (χ3v) is 8.15. The molecule has 0 spiro atoms. The Kier molecular flexibility index (Phi) is 8.21. The topological polar surface area (TPSA) is 94.6 Å². The van der Waals surface area contributed by atoms with Gasteiger partial charge < -0.3 is 25.0 Å². The number of benzene rings is 2. The molecule has 3 aromatic heterocycles. The van der Waals surface area contributed by atoms with Gasteiger partial charge >= 0.3 is 0 Å². The van der Waals surface area contributed by atoms with E-state index in [0.29, 0.717) is 12.0 Å². The van der Waals surface area contributed by atoms with Crippen molar-refractivity contribution in [3.05, 3.63) is 72.7 Å². The van der Waals surface area contributed by atoms with Gasteiger partial charge in [0.1, 0.15) is 11.6 Å². The summed E-state index contributed by atoms with van der Waals surface area (Å²) in [7, 11) is 3.13. The van der Waals surface area contributed by atoms with Crippen LogP contribution in [0.2, 0.25) is 0 Å². The van der Waals surface area contributed by atoms with E-state index in [0.717, 1.165) is 48.7 Å². The summed E-state index contributed by atoms with van der Waals surface area (Å²) in [6.45, 7) is 1.07. The summed E-state index contributed by atoms with van der Waals surface area (Å²) in [5.41, 5.74) is 8.25. The van der Waals surface area contributed by atoms with Gasteiger partial charge in [-0.2, -0.15) is 0 Å². The standard InChI is InChI=1S/C30H32N6.CH4O.ClH/c1-36-16-14-23-22(12-13-24(28(23)36)27-18-32-29(35-27)21-5-2-3-6-21)19-8-10-20(11-9-19)26-17-33-30(34-26)25-7-4-15-31-25;1-2;/h8-14,16-18,21,25,31H,2-7,15H2,1H3,(H,32,35)(H,33,34);2H,1H3;1H/t25-;;/m0../s1. The Bertz CT molecular complexity index is 1520. The number of fused-ring (bicyclic) bond motifs is 1. The van der Waals surface area contributed by atoms with E-state index in [-0.39, 0.29) is 12.4 Å². The quantitative estimate of drug-likeness (QED) is 0.197. The number of H-pyrrole nitrogens is 2. The highest BCUT2D eigenvalue weighted by atomic mass is 35.5. The number of aromatic amines is 2. The Hall–Kier alpha value is -3.39. The highest BCUT2D eigenvalue weighted by Gasteiger charge is 2.22. The Balaban J connectivity index is 0.00000101. The number of rotatable bonds is 5. The summed E-state index contributed by atoms with van der Waals surface area (Å²) in [4.78, 5) is 16.6. The Morgan fingerprint density at radius 2 is 1.44 bits per heavy atom. The van der Waals surface area contributed by atoms with Crippen LogP contribution in [0.25, 0.3) is 44.5 Å². The lowest BCUT2D eigenvalue weighted by Crippen LogP contribution is -2.14. The van der Waals surface area contributed by atoms with Gasteiger partial charge in [-0.15, -0.1) is 12.4 Å². The van der Waals surface area contributed by atoms with E-state index in [2.05, 4.69) is 80.5 Å². The number of aliphatic hydroxyl groups is 1. The second-order valence-corrected chi connectivity index (χ2v) is 10.4. The van der Waals surface area contributed by atoms with Crippen molar-refractivity contribution in [3.63, 3.8) is 0 Å². The van der Waals surface area contributed by atoms with Crippen molar-refractivity contribution in [1.29, 1.82) is 0 Å². The molecule has 0 amide bonds. The first-order chi connectivity index (χ1) is 18.7. The molecule has 2 aliphatic rings. The summed E-state index contributed by atoms with van der Waals surface area (Å²) in [5, 5.41) is 11.8. The van der Waals surface area contributed by atoms with E-state index >= 15 is 0 Å². The maximum absolute atomic E-state index is 7.00. The first-order valence-electron chi connectivity index (χ1n) is 13.7. The number of aromatic nitrogens is 5. The minimum absolute atomic E-state index is 0. The maximum atomic E-state index is 7.00. The van der Waals surface area contributed by atoms with Crippen molar-refractivity contribution in [2.45, 2.75) is 50.5 Å². The Morgan fingerprint density at radius 1 is 0.769 bits per heavy atom. The molecule has 2 aromatic carbocycles. The lowest BCUT2D eigenvalue weighted by Gasteiger charge is -2.11. The molecule has 4 heterocycles. The van der Waals surface area contributed by atoms with Crippen molar-refractivity contribution in [2.75, 3.05) is 13.7 Å². The van der Waals surface area contributed by atoms with Crippen LogP contribution in [0.3, 0.4) is 0 Å². The van der Waals surface area contributed by atoms with Crippen molar-refractivity contribution in [1.82, 2.24) is 29.8 Å². The predicted octanol–water partition coefficient (Wildman–Crippen LogP) is 6.74. The zero-order valence-electron chi connectivity index (χ0n) is 22.6. The number of hydrogen-bond acceptors (Lipinski definition) is 4. The van der Waals surface area contributed by atoms with Crippen LogP contribution >= 0.6 is 12.4 Å². The highest BCUT2D eigenvalue weighted by molar-refractivity contribution is 6.03. The van der Waals surface area contributed by atoms with Gasteiger partial charge in [0.15, 0.2) is 0 Å². The number of aryl methyl sites for hydroxylation is 1. The molecule has 1 saturated heterocycles. The normalized spacial score (nSPS) is 17.3. The number of nitrogens with one attached hydrogen (secondary N) is 3. The van der Waals surface area contributed by atoms with Crippen molar-refractivity contribution < 1.29 is 5.11 Å². The second-order valence-electron chi connectivity index (χ2n) is 10.4. The van der Waals surface area contributed by atoms with Crippen LogP contribution in [0.5, 0.6) is 0 Å². The van der Waals surface area contributed by atoms with E-state index in [1.807, 2.05) is 12.4 Å². The van der Waals surface area contributed by atoms with Crippen molar-refractivity contribution in [2.24, 2.45) is 7.05 Å². The zero-order chi connectivity index (χ0) is 26.1. The molecule has 2 fully saturated rings. The third-order valence-electron chi connectivity index (χ3n) is 8.15. The van der Waals surface area contributed by atoms with Crippen LogP contribution in [-0.2, 0) is 7.05 Å². The SMILES string of the molecule is CO.Cl.Cn1ccc2c(-c3ccc(-c4cnc([C@@H]5CCCN5)[nH]4)cc3)ccc(-c3cnc(C4CCCC4)[nH]3)c21. The fourth-order valence-corrected chi connectivity index (χ4v) is 6.17. The molecular weight excluding hydrogens is 508 g/mol. The average Bonchev–Trinajstić information content (AvgIpc) is 3.80. The van der Waals surface area contributed by atoms with Crippen LogP contribution < -0.4 is 5.32 Å². The lowest BCUT2D eigenvalue weighted by molar-refractivity contribution is 0.399. The fraction of sp³-hybridized carbons (Fsp3) is 0.355. The number of nitrogens with zero attached hydrogens (tertiary/aromatic N) is 3. The molecule has 0 unspecified atom stereocenters. The summed E-state index contributed by atoms with van der Waals surface area (Å²) in [5.74, 6) is 2.78. The lowest BCUT2D eigenvalue weighted by atomic mass is 9.97. The second kappa shape index (κ2) is 11.8. The van der Waals surface area contributed by atoms with Gasteiger partial charge in [0, 0.05) is 37.2 Å². The van der Waals surface area contributed by atoms with Gasteiger partial charge in [-0.25, -0.2) is 9.97 Å². The Labute approximate surface area is 235 Å². The molecule has 0 bridgehead atoms. The van der Waals surface area contributed by atoms with Gasteiger partial charge in [-0.1, -0.05) is 49.2 Å². The third kappa shape index (κ3) is 5.14. The summed E-state index contributed by atoms with van der Waals surface area (Å²) in [6, 6.07) is 15.9. The minimum atomic E-state index is 0. The monoisotopic (exact) mass is 544 g/mol. The van der Waals surface area contributed by atoms with Crippen LogP contribution in [0.4, 0.5) is 0 Å². The average molecular weight is 545 g/mol. The molecule has 8 heteroatoms. The van der Waals surface area contributed by atoms with Crippen molar-refractivity contribution >= 4 is 23.3 Å². The van der Waals surface area contributed by atoms with Crippen LogP contribution in [0.15, 0.2) is 61.1 Å². The molecule has 39 heavy (non-hydrogen) atoms. The van der Waals surface area contributed by atoms with Gasteiger partial charge in [0.2, 0.25) is 0 Å². The van der Waals surface area contributed by atoms with Gasteiger partial charge in [-0.05, 0) is 55.0 Å². The molecule has 204 valence electrons. The van der Waals surface area contributed by atoms with E-state index < -0.39 is 0 Å². The van der Waals surface area contributed by atoms with Gasteiger partial charge in [0.25, 0.3) is 0 Å². The molecule has 7 nitrogen and oxygen atoms in total. The smallest absolute Gasteiger partial charge is 0.123 e. The molecule has 1 saturated carbocycles. The number of imidazole rings is 2. The molecule has 5 aromatic rings. The van der Waals surface area contributed by atoms with E-state index in [1.165, 1.54) is 59.7 Å². The minimum Gasteiger partial charge on any atom is -0.400 e. The van der Waals surface area contributed by atoms with E-state index in [9.17, 15) is 0 Å². The number of hydrogen-bond donors (Lipinski definition) is 4. The highest BCUT2D eigenvalue weighted by Crippen LogP contribution is 2.38. The summed E-state index contributed by atoms with van der Waals surface area (Å²) < 4.78 is 2.22. The number of halogens is 1. The van der Waals surface area contributed by atoms with E-state index in [1.54, 1.807) is 0 Å². The maximum Gasteiger partial charge on any atom is 0.123 e. The van der Waals surface area contributed by atoms with Gasteiger partial charge in [0.05, 0.1) is 35.3 Å². The molecule has 0 radical (unpaired) electrons. The van der Waals surface area contributed by atoms with Crippen molar-refractivity contribution in [3.8, 4) is 33.6 Å². The molecule has 1 aliphatic carbocycles. The van der Waals surface area contributed by atoms with E-state index in [4.69, 9.17) is 10.1 Å². The zero-order valence-corrected chi connectivity index (χ0v) is 23.4. The van der Waals surface area contributed by atoms with Crippen LogP contribution in [-0.4, -0.2) is 43.3 Å².